The molecule has 1 N–H and O–H groups in total. The fourth-order valence-corrected chi connectivity index (χ4v) is 3.53. The summed E-state index contributed by atoms with van der Waals surface area (Å²) < 4.78 is 0. The number of rotatable bonds is 4. The maximum atomic E-state index is 4.37. The number of hydrogen-bond donors (Lipinski definition) is 1. The maximum absolute atomic E-state index is 4.37. The maximum Gasteiger partial charge on any atom is 0.138 e. The molecular weight excluding hydrogens is 262 g/mol. The van der Waals surface area contributed by atoms with Crippen molar-refractivity contribution in [2.75, 3.05) is 5.32 Å². The Hall–Kier alpha value is -1.46. The lowest BCUT2D eigenvalue weighted by Gasteiger charge is -2.16. The molecule has 0 radical (unpaired) electrons. The minimum absolute atomic E-state index is 0.322. The van der Waals surface area contributed by atoms with Gasteiger partial charge in [-0.25, -0.2) is 9.97 Å². The molecule has 0 bridgehead atoms. The van der Waals surface area contributed by atoms with Crippen LogP contribution in [0.4, 0.5) is 5.82 Å². The molecule has 3 heterocycles. The zero-order valence-corrected chi connectivity index (χ0v) is 11.6. The lowest BCUT2D eigenvalue weighted by atomic mass is 10.2. The molecular formula is C13H13N3S2. The van der Waals surface area contributed by atoms with E-state index in [4.69, 9.17) is 0 Å². The first-order valence-electron chi connectivity index (χ1n) is 5.86. The normalized spacial score (nSPS) is 12.7. The molecule has 3 aromatic heterocycles. The Kier molecular flexibility index (Phi) is 3.25. The first-order valence-corrected chi connectivity index (χ1v) is 7.62. The zero-order chi connectivity index (χ0) is 12.4. The summed E-state index contributed by atoms with van der Waals surface area (Å²) in [7, 11) is 0. The molecule has 3 nitrogen and oxygen atoms in total. The standard InChI is InChI=1S/C13H13N3S2/c1-2-10(11-4-3-6-17-11)16-12-9-5-7-18-13(9)15-8-14-12/h3-8,10H,2H2,1H3,(H,14,15,16). The van der Waals surface area contributed by atoms with Crippen molar-refractivity contribution in [2.24, 2.45) is 0 Å². The Morgan fingerprint density at radius 2 is 2.17 bits per heavy atom. The van der Waals surface area contributed by atoms with Crippen LogP contribution in [0.2, 0.25) is 0 Å². The van der Waals surface area contributed by atoms with Crippen LogP contribution in [0.3, 0.4) is 0 Å². The van der Waals surface area contributed by atoms with Crippen molar-refractivity contribution in [3.8, 4) is 0 Å². The first kappa shape index (κ1) is 11.6. The topological polar surface area (TPSA) is 37.8 Å². The molecule has 0 saturated heterocycles. The molecule has 3 rings (SSSR count). The van der Waals surface area contributed by atoms with Gasteiger partial charge in [-0.2, -0.15) is 0 Å². The Bertz CT molecular complexity index is 631. The smallest absolute Gasteiger partial charge is 0.138 e. The fourth-order valence-electron chi connectivity index (χ4n) is 1.93. The summed E-state index contributed by atoms with van der Waals surface area (Å²) in [5.41, 5.74) is 0. The van der Waals surface area contributed by atoms with Crippen LogP contribution in [0.1, 0.15) is 24.3 Å². The zero-order valence-electron chi connectivity index (χ0n) is 9.96. The van der Waals surface area contributed by atoms with Crippen molar-refractivity contribution >= 4 is 38.7 Å². The van der Waals surface area contributed by atoms with Crippen LogP contribution in [0.5, 0.6) is 0 Å². The van der Waals surface area contributed by atoms with Gasteiger partial charge >= 0.3 is 0 Å². The molecule has 1 atom stereocenters. The van der Waals surface area contributed by atoms with Gasteiger partial charge in [-0.05, 0) is 29.3 Å². The average Bonchev–Trinajstić information content (AvgIpc) is 3.06. The molecule has 0 aliphatic rings. The van der Waals surface area contributed by atoms with Gasteiger partial charge in [0.05, 0.1) is 11.4 Å². The minimum atomic E-state index is 0.322. The number of hydrogen-bond acceptors (Lipinski definition) is 5. The van der Waals surface area contributed by atoms with E-state index >= 15 is 0 Å². The highest BCUT2D eigenvalue weighted by atomic mass is 32.1. The van der Waals surface area contributed by atoms with Gasteiger partial charge < -0.3 is 5.32 Å². The van der Waals surface area contributed by atoms with Crippen LogP contribution in [-0.2, 0) is 0 Å². The highest BCUT2D eigenvalue weighted by Crippen LogP contribution is 2.29. The SMILES string of the molecule is CCC(Nc1ncnc2sccc12)c1cccs1. The van der Waals surface area contributed by atoms with E-state index in [-0.39, 0.29) is 0 Å². The highest BCUT2D eigenvalue weighted by molar-refractivity contribution is 7.16. The Morgan fingerprint density at radius 1 is 1.22 bits per heavy atom. The van der Waals surface area contributed by atoms with Crippen molar-refractivity contribution in [1.82, 2.24) is 9.97 Å². The van der Waals surface area contributed by atoms with Gasteiger partial charge in [0.1, 0.15) is 17.0 Å². The Morgan fingerprint density at radius 3 is 2.94 bits per heavy atom. The van der Waals surface area contributed by atoms with Crippen LogP contribution < -0.4 is 5.32 Å². The molecule has 0 fully saturated rings. The van der Waals surface area contributed by atoms with Gasteiger partial charge in [0, 0.05) is 4.88 Å². The summed E-state index contributed by atoms with van der Waals surface area (Å²) in [6.45, 7) is 2.18. The molecule has 1 unspecified atom stereocenters. The van der Waals surface area contributed by atoms with Crippen molar-refractivity contribution in [3.05, 3.63) is 40.2 Å². The van der Waals surface area contributed by atoms with E-state index in [0.29, 0.717) is 6.04 Å². The highest BCUT2D eigenvalue weighted by Gasteiger charge is 2.13. The molecule has 0 aliphatic carbocycles. The molecule has 0 aliphatic heterocycles. The van der Waals surface area contributed by atoms with Gasteiger partial charge in [-0.15, -0.1) is 22.7 Å². The summed E-state index contributed by atoms with van der Waals surface area (Å²) in [5.74, 6) is 0.932. The number of fused-ring (bicyclic) bond motifs is 1. The van der Waals surface area contributed by atoms with Crippen LogP contribution in [0.25, 0.3) is 10.2 Å². The van der Waals surface area contributed by atoms with Gasteiger partial charge in [-0.3, -0.25) is 0 Å². The summed E-state index contributed by atoms with van der Waals surface area (Å²) in [6.07, 6.45) is 2.67. The third-order valence-electron chi connectivity index (χ3n) is 2.87. The Labute approximate surface area is 114 Å². The number of aromatic nitrogens is 2. The lowest BCUT2D eigenvalue weighted by Crippen LogP contribution is -2.09. The third-order valence-corrected chi connectivity index (χ3v) is 4.67. The van der Waals surface area contributed by atoms with E-state index in [1.807, 2.05) is 0 Å². The summed E-state index contributed by atoms with van der Waals surface area (Å²) in [6, 6.07) is 6.65. The van der Waals surface area contributed by atoms with Crippen molar-refractivity contribution in [2.45, 2.75) is 19.4 Å². The predicted octanol–water partition coefficient (Wildman–Crippen LogP) is 4.32. The second-order valence-electron chi connectivity index (χ2n) is 3.98. The number of anilines is 1. The van der Waals surface area contributed by atoms with E-state index in [1.54, 1.807) is 29.0 Å². The molecule has 92 valence electrons. The molecule has 18 heavy (non-hydrogen) atoms. The van der Waals surface area contributed by atoms with E-state index in [0.717, 1.165) is 22.5 Å². The predicted molar refractivity (Wildman–Crippen MR) is 78.4 cm³/mol. The number of nitrogens with zero attached hydrogens (tertiary/aromatic N) is 2. The van der Waals surface area contributed by atoms with Gasteiger partial charge in [0.25, 0.3) is 0 Å². The Balaban J connectivity index is 1.93. The molecule has 0 saturated carbocycles. The van der Waals surface area contributed by atoms with Crippen LogP contribution in [0, 0.1) is 0 Å². The van der Waals surface area contributed by atoms with Gasteiger partial charge in [0.15, 0.2) is 0 Å². The van der Waals surface area contributed by atoms with Crippen LogP contribution in [0.15, 0.2) is 35.3 Å². The average molecular weight is 275 g/mol. The van der Waals surface area contributed by atoms with Gasteiger partial charge in [-0.1, -0.05) is 13.0 Å². The molecule has 0 amide bonds. The van der Waals surface area contributed by atoms with E-state index in [9.17, 15) is 0 Å². The van der Waals surface area contributed by atoms with Crippen molar-refractivity contribution in [1.29, 1.82) is 0 Å². The van der Waals surface area contributed by atoms with Crippen LogP contribution >= 0.6 is 22.7 Å². The third kappa shape index (κ3) is 2.11. The summed E-state index contributed by atoms with van der Waals surface area (Å²) in [5, 5.41) is 8.80. The van der Waals surface area contributed by atoms with E-state index < -0.39 is 0 Å². The van der Waals surface area contributed by atoms with Crippen LogP contribution in [-0.4, -0.2) is 9.97 Å². The first-order chi connectivity index (χ1) is 8.88. The van der Waals surface area contributed by atoms with Gasteiger partial charge in [0.2, 0.25) is 0 Å². The lowest BCUT2D eigenvalue weighted by molar-refractivity contribution is 0.760. The van der Waals surface area contributed by atoms with Crippen molar-refractivity contribution in [3.63, 3.8) is 0 Å². The number of nitrogens with one attached hydrogen (secondary N) is 1. The summed E-state index contributed by atoms with van der Waals surface area (Å²) >= 11 is 3.42. The summed E-state index contributed by atoms with van der Waals surface area (Å²) in [4.78, 5) is 11.0. The largest absolute Gasteiger partial charge is 0.362 e. The second-order valence-corrected chi connectivity index (χ2v) is 5.86. The fraction of sp³-hybridized carbons (Fsp3) is 0.231. The number of thiophene rings is 2. The van der Waals surface area contributed by atoms with E-state index in [1.165, 1.54) is 4.88 Å². The monoisotopic (exact) mass is 275 g/mol. The van der Waals surface area contributed by atoms with E-state index in [2.05, 4.69) is 51.2 Å². The minimum Gasteiger partial charge on any atom is -0.362 e. The molecule has 0 aromatic carbocycles. The second kappa shape index (κ2) is 5.04. The molecule has 3 aromatic rings. The quantitative estimate of drug-likeness (QED) is 0.770. The van der Waals surface area contributed by atoms with Crippen molar-refractivity contribution < 1.29 is 0 Å². The molecule has 0 spiro atoms. The molecule has 5 heteroatoms.